The third-order valence-corrected chi connectivity index (χ3v) is 4.57. The first-order chi connectivity index (χ1) is 12.1. The van der Waals surface area contributed by atoms with Crippen molar-refractivity contribution in [3.05, 3.63) is 29.8 Å². The Hall–Kier alpha value is -2.08. The number of piperidine rings is 1. The molecule has 1 aromatic carbocycles. The highest BCUT2D eigenvalue weighted by Gasteiger charge is 2.41. The van der Waals surface area contributed by atoms with E-state index < -0.39 is 0 Å². The lowest BCUT2D eigenvalue weighted by Gasteiger charge is -2.41. The number of likely N-dealkylation sites (tertiary alicyclic amines) is 1. The molecule has 0 bridgehead atoms. The number of methoxy groups -OCH3 is 1. The molecule has 1 aromatic rings. The van der Waals surface area contributed by atoms with Crippen LogP contribution < -0.4 is 10.2 Å². The van der Waals surface area contributed by atoms with Gasteiger partial charge in [0.25, 0.3) is 0 Å². The molecule has 138 valence electrons. The summed E-state index contributed by atoms with van der Waals surface area (Å²) < 4.78 is 5.49. The lowest BCUT2D eigenvalue weighted by molar-refractivity contribution is -0.149. The first kappa shape index (κ1) is 19.2. The zero-order valence-electron chi connectivity index (χ0n) is 15.3. The van der Waals surface area contributed by atoms with E-state index in [9.17, 15) is 9.59 Å². The molecule has 0 saturated carbocycles. The Balaban J connectivity index is 2.40. The van der Waals surface area contributed by atoms with E-state index in [0.717, 1.165) is 18.4 Å². The molecule has 1 aliphatic rings. The van der Waals surface area contributed by atoms with Gasteiger partial charge in [0, 0.05) is 18.5 Å². The van der Waals surface area contributed by atoms with Crippen LogP contribution in [0, 0.1) is 5.92 Å². The molecular weight excluding hydrogens is 320 g/mol. The zero-order chi connectivity index (χ0) is 18.2. The first-order valence-electron chi connectivity index (χ1n) is 8.98. The Labute approximate surface area is 149 Å². The van der Waals surface area contributed by atoms with Gasteiger partial charge in [-0.25, -0.2) is 5.48 Å². The maximum Gasteiger partial charge on any atom is 0.249 e. The minimum atomic E-state index is -0.364. The summed E-state index contributed by atoms with van der Waals surface area (Å²) in [6.07, 6.45) is 2.76. The summed E-state index contributed by atoms with van der Waals surface area (Å²) in [4.78, 5) is 32.2. The Bertz CT molecular complexity index is 591. The summed E-state index contributed by atoms with van der Waals surface area (Å²) in [7, 11) is 1.61. The minimum absolute atomic E-state index is 0.0878. The van der Waals surface area contributed by atoms with Crippen LogP contribution in [-0.4, -0.2) is 37.0 Å². The third kappa shape index (κ3) is 4.51. The van der Waals surface area contributed by atoms with Crippen LogP contribution in [-0.2, 0) is 14.4 Å². The first-order valence-corrected chi connectivity index (χ1v) is 8.98. The lowest BCUT2D eigenvalue weighted by Crippen LogP contribution is -2.48. The molecule has 25 heavy (non-hydrogen) atoms. The van der Waals surface area contributed by atoms with Crippen molar-refractivity contribution >= 4 is 11.8 Å². The summed E-state index contributed by atoms with van der Waals surface area (Å²) in [6.45, 7) is 4.94. The van der Waals surface area contributed by atoms with Gasteiger partial charge in [-0.3, -0.25) is 14.4 Å². The standard InChI is InChI=1S/C19H28N2O4/c1-4-6-13-21-17(22)12-11-15(19(23)20-25-5-2)18(21)14-9-7-8-10-16(14)24-3/h7-10,15,18H,4-6,11-13H2,1-3H3,(H,20,23)/t15-,18+/m1/s1. The van der Waals surface area contributed by atoms with Gasteiger partial charge in [-0.2, -0.15) is 0 Å². The van der Waals surface area contributed by atoms with E-state index in [2.05, 4.69) is 12.4 Å². The molecule has 1 aliphatic heterocycles. The molecular formula is C19H28N2O4. The monoisotopic (exact) mass is 348 g/mol. The highest BCUT2D eigenvalue weighted by atomic mass is 16.6. The number of unbranched alkanes of at least 4 members (excludes halogenated alkanes) is 1. The van der Waals surface area contributed by atoms with Gasteiger partial charge in [0.15, 0.2) is 0 Å². The van der Waals surface area contributed by atoms with Gasteiger partial charge in [0.2, 0.25) is 11.8 Å². The van der Waals surface area contributed by atoms with Gasteiger partial charge in [-0.15, -0.1) is 0 Å². The number of carbonyl (C=O) groups excluding carboxylic acids is 2. The summed E-state index contributed by atoms with van der Waals surface area (Å²) in [5.41, 5.74) is 3.38. The summed E-state index contributed by atoms with van der Waals surface area (Å²) in [6, 6.07) is 7.25. The minimum Gasteiger partial charge on any atom is -0.496 e. The van der Waals surface area contributed by atoms with Crippen molar-refractivity contribution in [2.75, 3.05) is 20.3 Å². The van der Waals surface area contributed by atoms with Crippen molar-refractivity contribution in [1.29, 1.82) is 0 Å². The van der Waals surface area contributed by atoms with E-state index in [4.69, 9.17) is 9.57 Å². The van der Waals surface area contributed by atoms with Gasteiger partial charge in [0.05, 0.1) is 25.7 Å². The Morgan fingerprint density at radius 2 is 2.08 bits per heavy atom. The van der Waals surface area contributed by atoms with Crippen LogP contribution in [0.1, 0.15) is 51.1 Å². The number of nitrogens with one attached hydrogen (secondary N) is 1. The summed E-state index contributed by atoms with van der Waals surface area (Å²) >= 11 is 0. The molecule has 1 heterocycles. The van der Waals surface area contributed by atoms with Crippen LogP contribution in [0.2, 0.25) is 0 Å². The van der Waals surface area contributed by atoms with Crippen LogP contribution in [0.3, 0.4) is 0 Å². The Morgan fingerprint density at radius 1 is 1.32 bits per heavy atom. The number of carbonyl (C=O) groups is 2. The van der Waals surface area contributed by atoms with E-state index >= 15 is 0 Å². The van der Waals surface area contributed by atoms with Crippen molar-refractivity contribution in [3.63, 3.8) is 0 Å². The van der Waals surface area contributed by atoms with Crippen molar-refractivity contribution in [1.82, 2.24) is 10.4 Å². The number of para-hydroxylation sites is 1. The number of amides is 2. The second-order valence-electron chi connectivity index (χ2n) is 6.17. The van der Waals surface area contributed by atoms with E-state index in [0.29, 0.717) is 31.7 Å². The molecule has 2 rings (SSSR count). The van der Waals surface area contributed by atoms with Crippen LogP contribution in [0.15, 0.2) is 24.3 Å². The fraction of sp³-hybridized carbons (Fsp3) is 0.579. The normalized spacial score (nSPS) is 20.4. The lowest BCUT2D eigenvalue weighted by atomic mass is 9.83. The quantitative estimate of drug-likeness (QED) is 0.734. The van der Waals surface area contributed by atoms with Crippen molar-refractivity contribution in [2.45, 2.75) is 45.6 Å². The van der Waals surface area contributed by atoms with Gasteiger partial charge in [-0.05, 0) is 25.8 Å². The second kappa shape index (κ2) is 9.42. The molecule has 1 saturated heterocycles. The predicted molar refractivity (Wildman–Crippen MR) is 94.8 cm³/mol. The highest BCUT2D eigenvalue weighted by Crippen LogP contribution is 2.40. The van der Waals surface area contributed by atoms with Gasteiger partial charge >= 0.3 is 0 Å². The van der Waals surface area contributed by atoms with E-state index in [1.54, 1.807) is 7.11 Å². The molecule has 2 atom stereocenters. The van der Waals surface area contributed by atoms with Crippen molar-refractivity contribution < 1.29 is 19.2 Å². The number of hydrogen-bond acceptors (Lipinski definition) is 4. The third-order valence-electron chi connectivity index (χ3n) is 4.57. The zero-order valence-corrected chi connectivity index (χ0v) is 15.3. The van der Waals surface area contributed by atoms with Crippen molar-refractivity contribution in [2.24, 2.45) is 5.92 Å². The number of rotatable bonds is 8. The summed E-state index contributed by atoms with van der Waals surface area (Å²) in [5.74, 6) is 0.229. The Morgan fingerprint density at radius 3 is 2.76 bits per heavy atom. The fourth-order valence-electron chi connectivity index (χ4n) is 3.33. The summed E-state index contributed by atoms with van der Waals surface area (Å²) in [5, 5.41) is 0. The fourth-order valence-corrected chi connectivity index (χ4v) is 3.33. The van der Waals surface area contributed by atoms with Gasteiger partial charge < -0.3 is 9.64 Å². The molecule has 0 aliphatic carbocycles. The molecule has 6 nitrogen and oxygen atoms in total. The number of hydrogen-bond donors (Lipinski definition) is 1. The van der Waals surface area contributed by atoms with Crippen LogP contribution >= 0.6 is 0 Å². The number of nitrogens with zero attached hydrogens (tertiary/aromatic N) is 1. The van der Waals surface area contributed by atoms with Gasteiger partial charge in [0.1, 0.15) is 5.75 Å². The molecule has 0 spiro atoms. The van der Waals surface area contributed by atoms with Crippen LogP contribution in [0.4, 0.5) is 0 Å². The van der Waals surface area contributed by atoms with E-state index in [1.807, 2.05) is 36.1 Å². The average molecular weight is 348 g/mol. The molecule has 1 N–H and O–H groups in total. The van der Waals surface area contributed by atoms with Gasteiger partial charge in [-0.1, -0.05) is 31.5 Å². The molecule has 1 fully saturated rings. The smallest absolute Gasteiger partial charge is 0.249 e. The largest absolute Gasteiger partial charge is 0.496 e. The van der Waals surface area contributed by atoms with Crippen LogP contribution in [0.25, 0.3) is 0 Å². The molecule has 2 amide bonds. The molecule has 0 radical (unpaired) electrons. The van der Waals surface area contributed by atoms with Crippen LogP contribution in [0.5, 0.6) is 5.75 Å². The molecule has 0 unspecified atom stereocenters. The molecule has 0 aromatic heterocycles. The highest BCUT2D eigenvalue weighted by molar-refractivity contribution is 5.84. The average Bonchev–Trinajstić information content (AvgIpc) is 2.64. The molecule has 6 heteroatoms. The van der Waals surface area contributed by atoms with Crippen molar-refractivity contribution in [3.8, 4) is 5.75 Å². The number of benzene rings is 1. The number of hydroxylamine groups is 1. The SMILES string of the molecule is CCCCN1C(=O)CC[C@@H](C(=O)NOCC)[C@@H]1c1ccccc1OC. The van der Waals surface area contributed by atoms with E-state index in [1.165, 1.54) is 0 Å². The second-order valence-corrected chi connectivity index (χ2v) is 6.17. The Kier molecular flexibility index (Phi) is 7.25. The maximum atomic E-state index is 12.7. The topological polar surface area (TPSA) is 67.9 Å². The predicted octanol–water partition coefficient (Wildman–Crippen LogP) is 2.84. The van der Waals surface area contributed by atoms with E-state index in [-0.39, 0.29) is 23.8 Å². The maximum absolute atomic E-state index is 12.7. The number of ether oxygens (including phenoxy) is 1.